The molecule has 1 rings (SSSR count). The molecule has 0 aliphatic carbocycles. The molecular formula is C13H16. The van der Waals surface area contributed by atoms with Crippen LogP contribution in [-0.2, 0) is 0 Å². The topological polar surface area (TPSA) is 0 Å². The Hall–Kier alpha value is -1.30. The minimum Gasteiger partial charge on any atom is -0.0998 e. The maximum Gasteiger partial charge on any atom is -0.00725 e. The van der Waals surface area contributed by atoms with Gasteiger partial charge in [-0.05, 0) is 31.4 Å². The third-order valence-electron chi connectivity index (χ3n) is 1.94. The van der Waals surface area contributed by atoms with Gasteiger partial charge in [0.05, 0.1) is 0 Å². The van der Waals surface area contributed by atoms with E-state index in [1.165, 1.54) is 11.1 Å². The number of hydrogen-bond acceptors (Lipinski definition) is 0. The average molecular weight is 172 g/mol. The molecule has 0 aliphatic heterocycles. The van der Waals surface area contributed by atoms with Crippen LogP contribution in [0, 0.1) is 6.92 Å². The fourth-order valence-electron chi connectivity index (χ4n) is 1.33. The maximum absolute atomic E-state index is 4.05. The Morgan fingerprint density at radius 1 is 1.31 bits per heavy atom. The quantitative estimate of drug-likeness (QED) is 0.605. The van der Waals surface area contributed by atoms with Crippen molar-refractivity contribution in [2.45, 2.75) is 20.3 Å². The smallest absolute Gasteiger partial charge is 0.00725 e. The molecule has 0 bridgehead atoms. The minimum absolute atomic E-state index is 0.892. The van der Waals surface area contributed by atoms with Crippen molar-refractivity contribution in [3.63, 3.8) is 0 Å². The number of hydrogen-bond donors (Lipinski definition) is 0. The monoisotopic (exact) mass is 172 g/mol. The van der Waals surface area contributed by atoms with E-state index in [0.717, 1.165) is 17.6 Å². The second kappa shape index (κ2) is 4.08. The molecule has 0 saturated heterocycles. The summed E-state index contributed by atoms with van der Waals surface area (Å²) < 4.78 is 0. The highest BCUT2D eigenvalue weighted by Crippen LogP contribution is 2.20. The second-order valence-electron chi connectivity index (χ2n) is 3.61. The van der Waals surface area contributed by atoms with Crippen molar-refractivity contribution in [3.05, 3.63) is 54.1 Å². The molecule has 0 nitrogen and oxygen atoms in total. The fourth-order valence-corrected chi connectivity index (χ4v) is 1.33. The molecule has 1 aromatic carbocycles. The zero-order chi connectivity index (χ0) is 9.84. The summed E-state index contributed by atoms with van der Waals surface area (Å²) in [6.07, 6.45) is 0.892. The summed E-state index contributed by atoms with van der Waals surface area (Å²) in [5.74, 6) is 0. The van der Waals surface area contributed by atoms with Crippen molar-refractivity contribution in [3.8, 4) is 0 Å². The molecule has 0 amide bonds. The third-order valence-corrected chi connectivity index (χ3v) is 1.94. The summed E-state index contributed by atoms with van der Waals surface area (Å²) in [4.78, 5) is 0. The van der Waals surface area contributed by atoms with Crippen molar-refractivity contribution in [2.24, 2.45) is 0 Å². The van der Waals surface area contributed by atoms with Gasteiger partial charge in [0.15, 0.2) is 0 Å². The van der Waals surface area contributed by atoms with E-state index in [1.54, 1.807) is 0 Å². The van der Waals surface area contributed by atoms with Crippen LogP contribution < -0.4 is 0 Å². The zero-order valence-electron chi connectivity index (χ0n) is 8.43. The van der Waals surface area contributed by atoms with Crippen LogP contribution in [0.25, 0.3) is 5.57 Å². The average Bonchev–Trinajstić information content (AvgIpc) is 2.03. The van der Waals surface area contributed by atoms with Gasteiger partial charge in [-0.2, -0.15) is 0 Å². The Morgan fingerprint density at radius 3 is 2.54 bits per heavy atom. The zero-order valence-corrected chi connectivity index (χ0v) is 8.43. The molecule has 0 aliphatic rings. The van der Waals surface area contributed by atoms with Crippen LogP contribution in [0.15, 0.2) is 43.0 Å². The first-order valence-corrected chi connectivity index (χ1v) is 4.49. The summed E-state index contributed by atoms with van der Waals surface area (Å²) in [5, 5.41) is 0. The molecule has 0 saturated carbocycles. The summed E-state index contributed by atoms with van der Waals surface area (Å²) in [7, 11) is 0. The van der Waals surface area contributed by atoms with Crippen molar-refractivity contribution in [1.29, 1.82) is 0 Å². The van der Waals surface area contributed by atoms with Crippen molar-refractivity contribution < 1.29 is 0 Å². The summed E-state index contributed by atoms with van der Waals surface area (Å²) in [6, 6.07) is 8.41. The first kappa shape index (κ1) is 9.79. The van der Waals surface area contributed by atoms with E-state index in [1.807, 2.05) is 6.92 Å². The fraction of sp³-hybridized carbons (Fsp3) is 0.231. The SMILES string of the molecule is C=C(C)CC(=C)c1cccc(C)c1. The van der Waals surface area contributed by atoms with Crippen LogP contribution in [0.4, 0.5) is 0 Å². The molecular weight excluding hydrogens is 156 g/mol. The molecule has 68 valence electrons. The molecule has 0 heterocycles. The van der Waals surface area contributed by atoms with Gasteiger partial charge in [-0.15, -0.1) is 0 Å². The summed E-state index contributed by atoms with van der Waals surface area (Å²) >= 11 is 0. The van der Waals surface area contributed by atoms with Gasteiger partial charge in [-0.3, -0.25) is 0 Å². The first-order valence-electron chi connectivity index (χ1n) is 4.49. The Kier molecular flexibility index (Phi) is 3.07. The van der Waals surface area contributed by atoms with Crippen LogP contribution in [0.3, 0.4) is 0 Å². The summed E-state index contributed by atoms with van der Waals surface area (Å²) in [6.45, 7) is 12.1. The van der Waals surface area contributed by atoms with E-state index in [9.17, 15) is 0 Å². The van der Waals surface area contributed by atoms with Crippen LogP contribution in [0.5, 0.6) is 0 Å². The van der Waals surface area contributed by atoms with Crippen molar-refractivity contribution >= 4 is 5.57 Å². The lowest BCUT2D eigenvalue weighted by Gasteiger charge is -2.05. The van der Waals surface area contributed by atoms with E-state index in [4.69, 9.17) is 0 Å². The maximum atomic E-state index is 4.05. The van der Waals surface area contributed by atoms with E-state index < -0.39 is 0 Å². The van der Waals surface area contributed by atoms with Gasteiger partial charge >= 0.3 is 0 Å². The molecule has 0 radical (unpaired) electrons. The van der Waals surface area contributed by atoms with Gasteiger partial charge in [-0.1, -0.05) is 48.6 Å². The van der Waals surface area contributed by atoms with Gasteiger partial charge in [-0.25, -0.2) is 0 Å². The molecule has 0 aromatic heterocycles. The standard InChI is InChI=1S/C13H16/c1-10(2)8-12(4)13-7-5-6-11(3)9-13/h5-7,9H,1,4,8H2,2-3H3. The van der Waals surface area contributed by atoms with Crippen LogP contribution in [-0.4, -0.2) is 0 Å². The molecule has 0 heteroatoms. The number of benzene rings is 1. The first-order chi connectivity index (χ1) is 6.09. The van der Waals surface area contributed by atoms with Gasteiger partial charge < -0.3 is 0 Å². The van der Waals surface area contributed by atoms with E-state index in [-0.39, 0.29) is 0 Å². The second-order valence-corrected chi connectivity index (χ2v) is 3.61. The van der Waals surface area contributed by atoms with Gasteiger partial charge in [0.1, 0.15) is 0 Å². The molecule has 0 spiro atoms. The molecule has 0 fully saturated rings. The van der Waals surface area contributed by atoms with Crippen molar-refractivity contribution in [1.82, 2.24) is 0 Å². The molecule has 0 unspecified atom stereocenters. The Labute approximate surface area is 80.6 Å². The number of allylic oxidation sites excluding steroid dienone is 2. The number of aryl methyl sites for hydroxylation is 1. The Morgan fingerprint density at radius 2 is 2.00 bits per heavy atom. The van der Waals surface area contributed by atoms with E-state index >= 15 is 0 Å². The summed E-state index contributed by atoms with van der Waals surface area (Å²) in [5.41, 5.74) is 4.81. The highest BCUT2D eigenvalue weighted by atomic mass is 14.0. The third kappa shape index (κ3) is 2.90. The van der Waals surface area contributed by atoms with Crippen molar-refractivity contribution in [2.75, 3.05) is 0 Å². The molecule has 13 heavy (non-hydrogen) atoms. The van der Waals surface area contributed by atoms with Gasteiger partial charge in [0.2, 0.25) is 0 Å². The van der Waals surface area contributed by atoms with E-state index in [2.05, 4.69) is 44.3 Å². The molecule has 0 atom stereocenters. The van der Waals surface area contributed by atoms with Crippen LogP contribution in [0.1, 0.15) is 24.5 Å². The largest absolute Gasteiger partial charge is 0.0998 e. The van der Waals surface area contributed by atoms with Gasteiger partial charge in [0.25, 0.3) is 0 Å². The lowest BCUT2D eigenvalue weighted by Crippen LogP contribution is -1.84. The van der Waals surface area contributed by atoms with Gasteiger partial charge in [0, 0.05) is 0 Å². The lowest BCUT2D eigenvalue weighted by molar-refractivity contribution is 1.24. The van der Waals surface area contributed by atoms with Crippen LogP contribution >= 0.6 is 0 Å². The Bertz CT molecular complexity index is 332. The highest BCUT2D eigenvalue weighted by molar-refractivity contribution is 5.65. The normalized spacial score (nSPS) is 9.69. The predicted molar refractivity (Wildman–Crippen MR) is 59.6 cm³/mol. The van der Waals surface area contributed by atoms with E-state index in [0.29, 0.717) is 0 Å². The van der Waals surface area contributed by atoms with Crippen LogP contribution in [0.2, 0.25) is 0 Å². The number of rotatable bonds is 3. The predicted octanol–water partition coefficient (Wildman–Crippen LogP) is 3.97. The minimum atomic E-state index is 0.892. The lowest BCUT2D eigenvalue weighted by atomic mass is 10.00. The molecule has 1 aromatic rings. The Balaban J connectivity index is 2.83. The highest BCUT2D eigenvalue weighted by Gasteiger charge is 1.98. The molecule has 0 N–H and O–H groups in total.